The van der Waals surface area contributed by atoms with Gasteiger partial charge in [0.05, 0.1) is 0 Å². The fourth-order valence-electron chi connectivity index (χ4n) is 3.90. The maximum absolute atomic E-state index is 5.70. The van der Waals surface area contributed by atoms with Gasteiger partial charge in [-0.1, -0.05) is 135 Å². The Morgan fingerprint density at radius 1 is 0.185 bits per heavy atom. The van der Waals surface area contributed by atoms with Gasteiger partial charge in [0, 0.05) is 11.8 Å². The number of hydrogen-bond donors (Lipinski definition) is 0. The van der Waals surface area contributed by atoms with Crippen LogP contribution in [0.5, 0.6) is 0 Å². The van der Waals surface area contributed by atoms with Crippen molar-refractivity contribution in [1.29, 1.82) is 0 Å². The highest BCUT2D eigenvalue weighted by atomic mass is 35.5. The molecule has 0 saturated heterocycles. The van der Waals surface area contributed by atoms with Crippen molar-refractivity contribution in [1.82, 2.24) is 0 Å². The summed E-state index contributed by atoms with van der Waals surface area (Å²) in [5, 5.41) is 0. The number of rotatable bonds is 24. The van der Waals surface area contributed by atoms with E-state index in [0.717, 1.165) is 11.8 Å². The lowest BCUT2D eigenvalue weighted by molar-refractivity contribution is 0.519. The van der Waals surface area contributed by atoms with Crippen LogP contribution >= 0.6 is 23.2 Å². The van der Waals surface area contributed by atoms with Crippen LogP contribution in [-0.4, -0.2) is 11.8 Å². The average molecular weight is 422 g/mol. The van der Waals surface area contributed by atoms with E-state index in [1.54, 1.807) is 0 Å². The molecule has 0 heterocycles. The standard InChI is InChI=1S/C25H50Cl2/c26-24-22-20-18-16-14-12-10-8-6-4-2-1-3-5-7-9-11-13-15-17-19-21-23-25-27/h1-25H2. The third-order valence-electron chi connectivity index (χ3n) is 5.77. The van der Waals surface area contributed by atoms with Gasteiger partial charge in [0.2, 0.25) is 0 Å². The van der Waals surface area contributed by atoms with Gasteiger partial charge in [-0.15, -0.1) is 23.2 Å². The van der Waals surface area contributed by atoms with E-state index in [0.29, 0.717) is 0 Å². The Morgan fingerprint density at radius 2 is 0.296 bits per heavy atom. The third-order valence-corrected chi connectivity index (χ3v) is 6.30. The molecular formula is C25H50Cl2. The van der Waals surface area contributed by atoms with E-state index in [9.17, 15) is 0 Å². The maximum Gasteiger partial charge on any atom is 0.0223 e. The first-order chi connectivity index (χ1) is 13.4. The molecule has 0 aromatic carbocycles. The Labute approximate surface area is 182 Å². The molecule has 0 spiro atoms. The number of unbranched alkanes of at least 4 members (excludes halogenated alkanes) is 22. The zero-order valence-corrected chi connectivity index (χ0v) is 19.9. The largest absolute Gasteiger partial charge is 0.127 e. The summed E-state index contributed by atoms with van der Waals surface area (Å²) < 4.78 is 0. The zero-order chi connectivity index (χ0) is 19.7. The van der Waals surface area contributed by atoms with E-state index >= 15 is 0 Å². The average Bonchev–Trinajstić information content (AvgIpc) is 2.68. The van der Waals surface area contributed by atoms with Crippen LogP contribution < -0.4 is 0 Å². The Morgan fingerprint density at radius 3 is 0.407 bits per heavy atom. The lowest BCUT2D eigenvalue weighted by Gasteiger charge is -2.04. The van der Waals surface area contributed by atoms with Crippen molar-refractivity contribution < 1.29 is 0 Å². The fourth-order valence-corrected chi connectivity index (χ4v) is 4.28. The van der Waals surface area contributed by atoms with E-state index in [-0.39, 0.29) is 0 Å². The second-order valence-corrected chi connectivity index (χ2v) is 9.27. The monoisotopic (exact) mass is 420 g/mol. The van der Waals surface area contributed by atoms with E-state index in [1.807, 2.05) is 0 Å². The van der Waals surface area contributed by atoms with Crippen molar-refractivity contribution in [2.24, 2.45) is 0 Å². The number of halogens is 2. The van der Waals surface area contributed by atoms with Gasteiger partial charge >= 0.3 is 0 Å². The zero-order valence-electron chi connectivity index (χ0n) is 18.4. The molecule has 0 aliphatic carbocycles. The minimum Gasteiger partial charge on any atom is -0.127 e. The molecule has 164 valence electrons. The maximum atomic E-state index is 5.70. The number of alkyl halides is 2. The van der Waals surface area contributed by atoms with E-state index in [2.05, 4.69) is 0 Å². The molecule has 0 aromatic heterocycles. The Balaban J connectivity index is 2.95. The van der Waals surface area contributed by atoms with Crippen molar-refractivity contribution in [2.75, 3.05) is 11.8 Å². The summed E-state index contributed by atoms with van der Waals surface area (Å²) >= 11 is 11.4. The summed E-state index contributed by atoms with van der Waals surface area (Å²) in [5.74, 6) is 1.69. The van der Waals surface area contributed by atoms with E-state index < -0.39 is 0 Å². The van der Waals surface area contributed by atoms with Gasteiger partial charge in [0.25, 0.3) is 0 Å². The molecule has 0 atom stereocenters. The Kier molecular flexibility index (Phi) is 27.2. The van der Waals surface area contributed by atoms with Gasteiger partial charge in [-0.25, -0.2) is 0 Å². The lowest BCUT2D eigenvalue weighted by Crippen LogP contribution is -1.84. The van der Waals surface area contributed by atoms with Crippen molar-refractivity contribution in [2.45, 2.75) is 148 Å². The molecule has 0 saturated carbocycles. The first kappa shape index (κ1) is 27.6. The molecule has 0 fully saturated rings. The molecule has 0 amide bonds. The van der Waals surface area contributed by atoms with Gasteiger partial charge in [0.1, 0.15) is 0 Å². The minimum atomic E-state index is 0.843. The Bertz CT molecular complexity index is 218. The van der Waals surface area contributed by atoms with Crippen molar-refractivity contribution in [3.05, 3.63) is 0 Å². The SMILES string of the molecule is ClCCCCCCCCCCCCCCCCCCCCCCCCCCl. The minimum absolute atomic E-state index is 0.843. The lowest BCUT2D eigenvalue weighted by atomic mass is 10.0. The molecule has 0 rings (SSSR count). The van der Waals surface area contributed by atoms with Gasteiger partial charge in [-0.2, -0.15) is 0 Å². The Hall–Kier alpha value is 0.580. The predicted octanol–water partition coefficient (Wildman–Crippen LogP) is 10.4. The van der Waals surface area contributed by atoms with Crippen LogP contribution in [-0.2, 0) is 0 Å². The van der Waals surface area contributed by atoms with Crippen LogP contribution in [0.2, 0.25) is 0 Å². The number of hydrogen-bond acceptors (Lipinski definition) is 0. The van der Waals surface area contributed by atoms with Crippen molar-refractivity contribution in [3.63, 3.8) is 0 Å². The normalized spacial score (nSPS) is 11.3. The highest BCUT2D eigenvalue weighted by Gasteiger charge is 1.96. The summed E-state index contributed by atoms with van der Waals surface area (Å²) in [4.78, 5) is 0. The molecule has 0 N–H and O–H groups in total. The molecule has 0 unspecified atom stereocenters. The topological polar surface area (TPSA) is 0 Å². The van der Waals surface area contributed by atoms with Crippen molar-refractivity contribution >= 4 is 23.2 Å². The smallest absolute Gasteiger partial charge is 0.0223 e. The second kappa shape index (κ2) is 26.6. The highest BCUT2D eigenvalue weighted by molar-refractivity contribution is 6.18. The van der Waals surface area contributed by atoms with E-state index in [1.165, 1.54) is 148 Å². The summed E-state index contributed by atoms with van der Waals surface area (Å²) in [6.45, 7) is 0. The first-order valence-electron chi connectivity index (χ1n) is 12.5. The van der Waals surface area contributed by atoms with Crippen LogP contribution in [0.3, 0.4) is 0 Å². The van der Waals surface area contributed by atoms with Gasteiger partial charge < -0.3 is 0 Å². The molecule has 0 nitrogen and oxygen atoms in total. The molecule has 2 heteroatoms. The summed E-state index contributed by atoms with van der Waals surface area (Å²) in [7, 11) is 0. The molecule has 0 aromatic rings. The quantitative estimate of drug-likeness (QED) is 0.107. The van der Waals surface area contributed by atoms with E-state index in [4.69, 9.17) is 23.2 Å². The summed E-state index contributed by atoms with van der Waals surface area (Å²) in [5.41, 5.74) is 0. The van der Waals surface area contributed by atoms with Gasteiger partial charge in [0.15, 0.2) is 0 Å². The first-order valence-corrected chi connectivity index (χ1v) is 13.6. The van der Waals surface area contributed by atoms with Crippen LogP contribution in [0.1, 0.15) is 148 Å². The fraction of sp³-hybridized carbons (Fsp3) is 1.00. The molecule has 0 aliphatic rings. The molecule has 0 aliphatic heterocycles. The second-order valence-electron chi connectivity index (χ2n) is 8.51. The summed E-state index contributed by atoms with van der Waals surface area (Å²) in [6.07, 6.45) is 32.6. The molecule has 0 radical (unpaired) electrons. The van der Waals surface area contributed by atoms with Crippen LogP contribution in [0, 0.1) is 0 Å². The van der Waals surface area contributed by atoms with Crippen LogP contribution in [0.4, 0.5) is 0 Å². The molecule has 0 bridgehead atoms. The highest BCUT2D eigenvalue weighted by Crippen LogP contribution is 2.15. The third kappa shape index (κ3) is 26.6. The predicted molar refractivity (Wildman–Crippen MR) is 128 cm³/mol. The molecular weight excluding hydrogens is 371 g/mol. The van der Waals surface area contributed by atoms with Crippen molar-refractivity contribution in [3.8, 4) is 0 Å². The van der Waals surface area contributed by atoms with Crippen LogP contribution in [0.15, 0.2) is 0 Å². The summed E-state index contributed by atoms with van der Waals surface area (Å²) in [6, 6.07) is 0. The molecule has 27 heavy (non-hydrogen) atoms. The van der Waals surface area contributed by atoms with Gasteiger partial charge in [-0.05, 0) is 12.8 Å². The van der Waals surface area contributed by atoms with Crippen LogP contribution in [0.25, 0.3) is 0 Å². The van der Waals surface area contributed by atoms with Gasteiger partial charge in [-0.3, -0.25) is 0 Å².